The largest absolute Gasteiger partial charge is 0.467 e. The highest BCUT2D eigenvalue weighted by atomic mass is 16.5. The van der Waals surface area contributed by atoms with Crippen LogP contribution in [0.1, 0.15) is 32.4 Å². The molecule has 1 aliphatic rings. The molecule has 0 amide bonds. The summed E-state index contributed by atoms with van der Waals surface area (Å²) in [6.07, 6.45) is 7.42. The van der Waals surface area contributed by atoms with Crippen LogP contribution in [0.25, 0.3) is 0 Å². The van der Waals surface area contributed by atoms with Crippen molar-refractivity contribution in [2.75, 3.05) is 24.3 Å². The van der Waals surface area contributed by atoms with E-state index in [0.717, 1.165) is 29.9 Å². The first kappa shape index (κ1) is 18.6. The Bertz CT molecular complexity index is 855. The number of furan rings is 1. The van der Waals surface area contributed by atoms with Gasteiger partial charge >= 0.3 is 6.01 Å². The van der Waals surface area contributed by atoms with Crippen LogP contribution < -0.4 is 15.4 Å². The summed E-state index contributed by atoms with van der Waals surface area (Å²) >= 11 is 0. The highest BCUT2D eigenvalue weighted by molar-refractivity contribution is 5.84. The number of aromatic nitrogens is 3. The van der Waals surface area contributed by atoms with Gasteiger partial charge < -0.3 is 19.8 Å². The Labute approximate surface area is 158 Å². The van der Waals surface area contributed by atoms with Gasteiger partial charge in [-0.15, -0.1) is 0 Å². The molecule has 2 N–H and O–H groups in total. The molecule has 0 atom stereocenters. The molecule has 0 aliphatic heterocycles. The van der Waals surface area contributed by atoms with Crippen LogP contribution in [0.15, 0.2) is 50.7 Å². The number of rotatable bonds is 8. The van der Waals surface area contributed by atoms with E-state index in [1.54, 1.807) is 13.3 Å². The van der Waals surface area contributed by atoms with Gasteiger partial charge in [0.25, 0.3) is 0 Å². The second-order valence-electron chi connectivity index (χ2n) is 6.05. The second kappa shape index (κ2) is 8.98. The van der Waals surface area contributed by atoms with E-state index in [0.29, 0.717) is 25.0 Å². The van der Waals surface area contributed by atoms with E-state index in [-0.39, 0.29) is 6.01 Å². The van der Waals surface area contributed by atoms with Crippen LogP contribution in [-0.4, -0.2) is 34.8 Å². The van der Waals surface area contributed by atoms with Crippen molar-refractivity contribution in [3.05, 3.63) is 47.1 Å². The van der Waals surface area contributed by atoms with Gasteiger partial charge in [0.2, 0.25) is 11.9 Å². The van der Waals surface area contributed by atoms with E-state index in [2.05, 4.69) is 43.6 Å². The van der Waals surface area contributed by atoms with Gasteiger partial charge in [0.05, 0.1) is 19.4 Å². The highest BCUT2D eigenvalue weighted by Gasteiger charge is 2.13. The van der Waals surface area contributed by atoms with Gasteiger partial charge in [-0.05, 0) is 50.5 Å². The van der Waals surface area contributed by atoms with Crippen molar-refractivity contribution in [1.29, 1.82) is 0 Å². The number of hydrogen-bond acceptors (Lipinski definition) is 8. The van der Waals surface area contributed by atoms with Crippen molar-refractivity contribution in [3.8, 4) is 6.01 Å². The number of anilines is 2. The first-order valence-corrected chi connectivity index (χ1v) is 8.92. The summed E-state index contributed by atoms with van der Waals surface area (Å²) < 4.78 is 10.8. The summed E-state index contributed by atoms with van der Waals surface area (Å²) in [5.41, 5.74) is 3.46. The van der Waals surface area contributed by atoms with E-state index < -0.39 is 0 Å². The van der Waals surface area contributed by atoms with Crippen molar-refractivity contribution in [3.63, 3.8) is 0 Å². The third kappa shape index (κ3) is 5.16. The zero-order valence-electron chi connectivity index (χ0n) is 15.8. The molecule has 8 heteroatoms. The standard InChI is InChI=1S/C19H24N6O2/c1-4-26-19-24-17(21-12-16-6-5-9-27-16)23-18(25-19)22-15-8-7-13(2)14(10-15)11-20-3/h5-6,9-11H,4,7-8,12H2,1-3H3,(H2,21,22,23,24,25). The van der Waals surface area contributed by atoms with Crippen LogP contribution in [0.4, 0.5) is 11.9 Å². The summed E-state index contributed by atoms with van der Waals surface area (Å²) in [5.74, 6) is 1.65. The molecular weight excluding hydrogens is 344 g/mol. The van der Waals surface area contributed by atoms with Crippen LogP contribution in [-0.2, 0) is 6.54 Å². The van der Waals surface area contributed by atoms with E-state index in [4.69, 9.17) is 9.15 Å². The zero-order chi connectivity index (χ0) is 19.1. The third-order valence-electron chi connectivity index (χ3n) is 4.02. The molecular formula is C19H24N6O2. The minimum atomic E-state index is 0.274. The van der Waals surface area contributed by atoms with E-state index in [1.165, 1.54) is 5.57 Å². The molecule has 3 rings (SSSR count). The maximum absolute atomic E-state index is 5.47. The lowest BCUT2D eigenvalue weighted by atomic mass is 9.97. The fourth-order valence-electron chi connectivity index (χ4n) is 2.64. The maximum atomic E-state index is 5.47. The van der Waals surface area contributed by atoms with Crippen LogP contribution in [0, 0.1) is 0 Å². The summed E-state index contributed by atoms with van der Waals surface area (Å²) in [6.45, 7) is 4.96. The van der Waals surface area contributed by atoms with Crippen molar-refractivity contribution in [2.24, 2.45) is 4.99 Å². The predicted octanol–water partition coefficient (Wildman–Crippen LogP) is 3.58. The Morgan fingerprint density at radius 2 is 2.11 bits per heavy atom. The smallest absolute Gasteiger partial charge is 0.323 e. The molecule has 27 heavy (non-hydrogen) atoms. The molecule has 1 aliphatic carbocycles. The summed E-state index contributed by atoms with van der Waals surface area (Å²) in [5, 5.41) is 6.42. The number of aliphatic imine (C=N–C) groups is 1. The lowest BCUT2D eigenvalue weighted by Crippen LogP contribution is -2.12. The topological polar surface area (TPSA) is 97.5 Å². The number of hydrogen-bond donors (Lipinski definition) is 2. The van der Waals surface area contributed by atoms with Gasteiger partial charge in [-0.2, -0.15) is 15.0 Å². The average Bonchev–Trinajstić information content (AvgIpc) is 3.17. The minimum Gasteiger partial charge on any atom is -0.467 e. The first-order chi connectivity index (χ1) is 13.2. The SMILES string of the molecule is CCOc1nc(NCc2ccco2)nc(NC2=CC(C=NC)=C(C)CC2)n1. The van der Waals surface area contributed by atoms with Crippen molar-refractivity contribution < 1.29 is 9.15 Å². The first-order valence-electron chi connectivity index (χ1n) is 8.92. The van der Waals surface area contributed by atoms with Gasteiger partial charge in [-0.3, -0.25) is 4.99 Å². The Morgan fingerprint density at radius 3 is 2.85 bits per heavy atom. The Hall–Kier alpha value is -3.16. The molecule has 2 aromatic heterocycles. The summed E-state index contributed by atoms with van der Waals surface area (Å²) in [7, 11) is 1.77. The Kier molecular flexibility index (Phi) is 6.19. The molecule has 2 heterocycles. The van der Waals surface area contributed by atoms with Crippen LogP contribution in [0.3, 0.4) is 0 Å². The zero-order valence-corrected chi connectivity index (χ0v) is 15.8. The van der Waals surface area contributed by atoms with Gasteiger partial charge in [0.1, 0.15) is 5.76 Å². The lowest BCUT2D eigenvalue weighted by molar-refractivity contribution is 0.312. The van der Waals surface area contributed by atoms with Gasteiger partial charge in [-0.25, -0.2) is 0 Å². The van der Waals surface area contributed by atoms with Crippen molar-refractivity contribution in [1.82, 2.24) is 15.0 Å². The molecule has 0 bridgehead atoms. The molecule has 8 nitrogen and oxygen atoms in total. The summed E-state index contributed by atoms with van der Waals surface area (Å²) in [6, 6.07) is 4.00. The van der Waals surface area contributed by atoms with Gasteiger partial charge in [-0.1, -0.05) is 5.57 Å². The van der Waals surface area contributed by atoms with Crippen molar-refractivity contribution in [2.45, 2.75) is 33.2 Å². The monoisotopic (exact) mass is 368 g/mol. The molecule has 0 radical (unpaired) electrons. The predicted molar refractivity (Wildman–Crippen MR) is 105 cm³/mol. The van der Waals surface area contributed by atoms with E-state index in [1.807, 2.05) is 25.3 Å². The molecule has 0 saturated heterocycles. The number of nitrogens with zero attached hydrogens (tertiary/aromatic N) is 4. The van der Waals surface area contributed by atoms with Crippen LogP contribution in [0.2, 0.25) is 0 Å². The molecule has 142 valence electrons. The summed E-state index contributed by atoms with van der Waals surface area (Å²) in [4.78, 5) is 17.2. The van der Waals surface area contributed by atoms with Gasteiger partial charge in [0.15, 0.2) is 0 Å². The number of ether oxygens (including phenoxy) is 1. The Balaban J connectivity index is 1.78. The fraction of sp³-hybridized carbons (Fsp3) is 0.368. The molecule has 0 fully saturated rings. The van der Waals surface area contributed by atoms with Crippen LogP contribution >= 0.6 is 0 Å². The molecule has 0 aromatic carbocycles. The fourth-order valence-corrected chi connectivity index (χ4v) is 2.64. The third-order valence-corrected chi connectivity index (χ3v) is 4.02. The number of allylic oxidation sites excluding steroid dienone is 4. The Morgan fingerprint density at radius 1 is 1.26 bits per heavy atom. The molecule has 2 aromatic rings. The molecule has 0 unspecified atom stereocenters. The average molecular weight is 368 g/mol. The number of nitrogens with one attached hydrogen (secondary N) is 2. The maximum Gasteiger partial charge on any atom is 0.323 e. The van der Waals surface area contributed by atoms with E-state index >= 15 is 0 Å². The minimum absolute atomic E-state index is 0.274. The highest BCUT2D eigenvalue weighted by Crippen LogP contribution is 2.24. The molecule has 0 spiro atoms. The second-order valence-corrected chi connectivity index (χ2v) is 6.05. The van der Waals surface area contributed by atoms with Crippen molar-refractivity contribution >= 4 is 18.1 Å². The van der Waals surface area contributed by atoms with E-state index in [9.17, 15) is 0 Å². The van der Waals surface area contributed by atoms with Crippen LogP contribution in [0.5, 0.6) is 6.01 Å². The normalized spacial score (nSPS) is 14.4. The quantitative estimate of drug-likeness (QED) is 0.687. The molecule has 0 saturated carbocycles. The van der Waals surface area contributed by atoms with Gasteiger partial charge in [0, 0.05) is 19.0 Å². The lowest BCUT2D eigenvalue weighted by Gasteiger charge is -2.17.